The van der Waals surface area contributed by atoms with Gasteiger partial charge in [-0.3, -0.25) is 14.5 Å². The van der Waals surface area contributed by atoms with Crippen LogP contribution < -0.4 is 10.4 Å². The number of fused-ring (bicyclic) bond motifs is 3. The van der Waals surface area contributed by atoms with Crippen molar-refractivity contribution in [2.24, 2.45) is 17.8 Å². The number of likely N-dealkylation sites (tertiary alicyclic amines) is 1. The highest BCUT2D eigenvalue weighted by Crippen LogP contribution is 2.52. The number of carbonyl (C=O) groups is 2. The van der Waals surface area contributed by atoms with Crippen LogP contribution in [0.3, 0.4) is 0 Å². The van der Waals surface area contributed by atoms with Crippen LogP contribution in [0, 0.1) is 31.6 Å². The molecular formula is C40H44BNO6SSi. The summed E-state index contributed by atoms with van der Waals surface area (Å²) in [6.07, 6.45) is 0.220. The molecule has 7 nitrogen and oxygen atoms in total. The molecule has 50 heavy (non-hydrogen) atoms. The number of allylic oxidation sites excluding steroid dienone is 1. The summed E-state index contributed by atoms with van der Waals surface area (Å²) in [7, 11) is -4.23. The highest BCUT2D eigenvalue weighted by atomic mass is 32.1. The van der Waals surface area contributed by atoms with Crippen molar-refractivity contribution in [3.05, 3.63) is 123 Å². The summed E-state index contributed by atoms with van der Waals surface area (Å²) in [5.41, 5.74) is 3.78. The quantitative estimate of drug-likeness (QED) is 0.166. The number of carbonyl (C=O) groups excluding carboxylic acids is 2. The Hall–Kier alpha value is -3.80. The molecule has 1 aliphatic carbocycles. The first-order chi connectivity index (χ1) is 23.9. The summed E-state index contributed by atoms with van der Waals surface area (Å²) < 4.78 is 13.7. The first-order valence-corrected chi connectivity index (χ1v) is 20.2. The van der Waals surface area contributed by atoms with Crippen LogP contribution in [0.5, 0.6) is 5.75 Å². The minimum absolute atomic E-state index is 0.163. The molecule has 10 heteroatoms. The molecule has 258 valence electrons. The maximum Gasteiger partial charge on any atom is 0.487 e. The summed E-state index contributed by atoms with van der Waals surface area (Å²) in [6, 6.07) is 28.5. The Kier molecular flexibility index (Phi) is 9.28. The van der Waals surface area contributed by atoms with Gasteiger partial charge in [0.2, 0.25) is 11.8 Å². The maximum atomic E-state index is 14.3. The van der Waals surface area contributed by atoms with Crippen molar-refractivity contribution in [3.63, 3.8) is 0 Å². The van der Waals surface area contributed by atoms with Gasteiger partial charge in [-0.25, -0.2) is 0 Å². The SMILES string of the molecule is Cc1cc([C@@H]2C[C@@H]3C(=C(CO[Si](c4ccccc4)(c4ccccc4)C(C)(C)C)C[C@@H]4C(=O)N(Cc5cccs5)C(=O)[C@@H]43)B(O)O2)cc(C)c1O. The van der Waals surface area contributed by atoms with Gasteiger partial charge in [-0.05, 0) is 99.3 Å². The molecule has 0 spiro atoms. The van der Waals surface area contributed by atoms with Gasteiger partial charge in [0.1, 0.15) is 5.75 Å². The van der Waals surface area contributed by atoms with E-state index in [1.165, 1.54) is 16.2 Å². The van der Waals surface area contributed by atoms with E-state index < -0.39 is 39.3 Å². The summed E-state index contributed by atoms with van der Waals surface area (Å²) >= 11 is 1.53. The average Bonchev–Trinajstić information content (AvgIpc) is 3.70. The number of aryl methyl sites for hydroxylation is 2. The lowest BCUT2D eigenvalue weighted by Crippen LogP contribution is -2.66. The minimum Gasteiger partial charge on any atom is -0.507 e. The van der Waals surface area contributed by atoms with Crippen molar-refractivity contribution >= 4 is 49.0 Å². The monoisotopic (exact) mass is 705 g/mol. The van der Waals surface area contributed by atoms with Gasteiger partial charge in [0.25, 0.3) is 8.32 Å². The number of thiophene rings is 1. The van der Waals surface area contributed by atoms with Gasteiger partial charge in [-0.15, -0.1) is 11.3 Å². The summed E-state index contributed by atoms with van der Waals surface area (Å²) in [5, 5.41) is 26.3. The highest BCUT2D eigenvalue weighted by molar-refractivity contribution is 7.09. The Morgan fingerprint density at radius 1 is 0.920 bits per heavy atom. The number of nitrogens with zero attached hydrogens (tertiary/aromatic N) is 1. The van der Waals surface area contributed by atoms with E-state index in [1.54, 1.807) is 0 Å². The fraction of sp³-hybridized carbons (Fsp3) is 0.350. The molecule has 2 N–H and O–H groups in total. The minimum atomic E-state index is -2.96. The van der Waals surface area contributed by atoms with Crippen molar-refractivity contribution in [3.8, 4) is 5.75 Å². The van der Waals surface area contributed by atoms with E-state index in [4.69, 9.17) is 9.08 Å². The molecule has 2 amide bonds. The Bertz CT molecular complexity index is 1860. The molecule has 0 bridgehead atoms. The molecule has 0 unspecified atom stereocenters. The van der Waals surface area contributed by atoms with Crippen molar-refractivity contribution in [2.75, 3.05) is 6.61 Å². The Morgan fingerprint density at radius 3 is 2.10 bits per heavy atom. The molecule has 2 saturated heterocycles. The zero-order valence-corrected chi connectivity index (χ0v) is 31.1. The fourth-order valence-corrected chi connectivity index (χ4v) is 13.9. The zero-order valence-electron chi connectivity index (χ0n) is 29.3. The van der Waals surface area contributed by atoms with E-state index in [9.17, 15) is 19.7 Å². The van der Waals surface area contributed by atoms with Crippen LogP contribution in [0.4, 0.5) is 0 Å². The number of amides is 2. The molecule has 7 rings (SSSR count). The van der Waals surface area contributed by atoms with Gasteiger partial charge < -0.3 is 19.2 Å². The number of imide groups is 1. The number of benzene rings is 3. The molecule has 2 fully saturated rings. The van der Waals surface area contributed by atoms with E-state index in [-0.39, 0.29) is 35.8 Å². The first kappa shape index (κ1) is 34.6. The van der Waals surface area contributed by atoms with Crippen LogP contribution in [-0.2, 0) is 25.2 Å². The average molecular weight is 706 g/mol. The van der Waals surface area contributed by atoms with Gasteiger partial charge in [0.05, 0.1) is 31.1 Å². The smallest absolute Gasteiger partial charge is 0.487 e. The number of rotatable bonds is 8. The molecule has 0 radical (unpaired) electrons. The standard InChI is InChI=1S/C40H44BNO6SSi/c1-25-19-27(20-26(2)37(25)43)34-22-32-35-33(38(44)42(39(35)45)23-29-13-12-18-49-29)21-28(36(32)41(46)48-34)24-47-50(40(3,4)5,30-14-8-6-9-15-30)31-16-10-7-11-17-31/h6-20,32-35,43,46H,21-24H2,1-5H3/t32-,33-,34-,35+/m0/s1. The van der Waals surface area contributed by atoms with Crippen molar-refractivity contribution in [1.29, 1.82) is 0 Å². The lowest BCUT2D eigenvalue weighted by Gasteiger charge is -2.45. The third kappa shape index (κ3) is 5.90. The summed E-state index contributed by atoms with van der Waals surface area (Å²) in [5.74, 6) is -1.69. The Labute approximate surface area is 299 Å². The van der Waals surface area contributed by atoms with Crippen LogP contribution in [0.1, 0.15) is 61.3 Å². The van der Waals surface area contributed by atoms with Gasteiger partial charge in [0.15, 0.2) is 0 Å². The molecule has 1 aromatic heterocycles. The highest BCUT2D eigenvalue weighted by Gasteiger charge is 2.58. The molecule has 3 aromatic carbocycles. The first-order valence-electron chi connectivity index (χ1n) is 17.4. The third-order valence-electron chi connectivity index (χ3n) is 11.0. The molecule has 3 aliphatic rings. The summed E-state index contributed by atoms with van der Waals surface area (Å²) in [4.78, 5) is 30.8. The second-order valence-corrected chi connectivity index (χ2v) is 20.3. The van der Waals surface area contributed by atoms with Crippen LogP contribution in [0.25, 0.3) is 0 Å². The van der Waals surface area contributed by atoms with Crippen LogP contribution >= 0.6 is 11.3 Å². The normalized spacial score (nSPS) is 22.6. The largest absolute Gasteiger partial charge is 0.507 e. The van der Waals surface area contributed by atoms with Gasteiger partial charge in [-0.2, -0.15) is 0 Å². The van der Waals surface area contributed by atoms with Crippen LogP contribution in [0.15, 0.2) is 101 Å². The lowest BCUT2D eigenvalue weighted by molar-refractivity contribution is -0.140. The summed E-state index contributed by atoms with van der Waals surface area (Å²) in [6.45, 7) is 10.8. The van der Waals surface area contributed by atoms with E-state index in [0.717, 1.165) is 37.5 Å². The number of hydrogen-bond donors (Lipinski definition) is 2. The van der Waals surface area contributed by atoms with Crippen molar-refractivity contribution in [1.82, 2.24) is 4.90 Å². The molecule has 3 heterocycles. The van der Waals surface area contributed by atoms with Gasteiger partial charge in [-0.1, -0.05) is 87.5 Å². The maximum absolute atomic E-state index is 14.3. The predicted molar refractivity (Wildman–Crippen MR) is 200 cm³/mol. The molecule has 2 aliphatic heterocycles. The van der Waals surface area contributed by atoms with E-state index in [2.05, 4.69) is 69.3 Å². The number of phenols is 1. The molecule has 4 aromatic rings. The molecule has 4 atom stereocenters. The van der Waals surface area contributed by atoms with Crippen molar-refractivity contribution < 1.29 is 28.8 Å². The Morgan fingerprint density at radius 2 is 1.54 bits per heavy atom. The number of phenolic OH excluding ortho intramolecular Hbond substituents is 1. The van der Waals surface area contributed by atoms with Crippen LogP contribution in [0.2, 0.25) is 5.04 Å². The van der Waals surface area contributed by atoms with E-state index >= 15 is 0 Å². The van der Waals surface area contributed by atoms with Gasteiger partial charge >= 0.3 is 7.12 Å². The second-order valence-electron chi connectivity index (χ2n) is 15.0. The third-order valence-corrected chi connectivity index (χ3v) is 16.8. The molecular weight excluding hydrogens is 661 g/mol. The Balaban J connectivity index is 1.31. The van der Waals surface area contributed by atoms with Crippen molar-refractivity contribution in [2.45, 2.75) is 65.1 Å². The molecule has 0 saturated carbocycles. The van der Waals surface area contributed by atoms with E-state index in [0.29, 0.717) is 18.3 Å². The van der Waals surface area contributed by atoms with E-state index in [1.807, 2.05) is 55.6 Å². The number of hydrogen-bond acceptors (Lipinski definition) is 7. The number of aromatic hydroxyl groups is 1. The fourth-order valence-electron chi connectivity index (χ4n) is 8.67. The topological polar surface area (TPSA) is 96.3 Å². The van der Waals surface area contributed by atoms with Crippen LogP contribution in [-0.4, -0.2) is 48.9 Å². The zero-order chi connectivity index (χ0) is 35.4. The predicted octanol–water partition coefficient (Wildman–Crippen LogP) is 6.25. The second kappa shape index (κ2) is 13.4. The van der Waals surface area contributed by atoms with Gasteiger partial charge in [0, 0.05) is 4.88 Å². The lowest BCUT2D eigenvalue weighted by atomic mass is 9.55.